The maximum Gasteiger partial charge on any atom is 0.119 e. The second-order valence-corrected chi connectivity index (χ2v) is 4.70. The summed E-state index contributed by atoms with van der Waals surface area (Å²) in [6.45, 7) is 1.86. The summed E-state index contributed by atoms with van der Waals surface area (Å²) in [5.74, 6) is 0.879. The van der Waals surface area contributed by atoms with E-state index in [-0.39, 0.29) is 0 Å². The van der Waals surface area contributed by atoms with Gasteiger partial charge in [0.05, 0.1) is 6.61 Å². The summed E-state index contributed by atoms with van der Waals surface area (Å²) >= 11 is 0. The van der Waals surface area contributed by atoms with E-state index in [0.717, 1.165) is 29.9 Å². The minimum absolute atomic E-state index is 0.558. The molecule has 0 saturated heterocycles. The van der Waals surface area contributed by atoms with Crippen LogP contribution < -0.4 is 10.5 Å². The molecule has 0 aromatic heterocycles. The van der Waals surface area contributed by atoms with Gasteiger partial charge >= 0.3 is 0 Å². The quantitative estimate of drug-likeness (QED) is 0.842. The lowest BCUT2D eigenvalue weighted by Gasteiger charge is -2.08. The SMILES string of the molecule is COCCc1ccc(OCc2cccc(CN)c2)cc1. The van der Waals surface area contributed by atoms with E-state index in [1.54, 1.807) is 7.11 Å². The average Bonchev–Trinajstić information content (AvgIpc) is 2.52. The molecule has 2 aromatic rings. The zero-order chi connectivity index (χ0) is 14.2. The van der Waals surface area contributed by atoms with Crippen LogP contribution in [0.1, 0.15) is 16.7 Å². The van der Waals surface area contributed by atoms with Crippen molar-refractivity contribution >= 4 is 0 Å². The Labute approximate surface area is 120 Å². The smallest absolute Gasteiger partial charge is 0.119 e. The maximum absolute atomic E-state index is 5.78. The number of benzene rings is 2. The summed E-state index contributed by atoms with van der Waals surface area (Å²) < 4.78 is 10.8. The van der Waals surface area contributed by atoms with Gasteiger partial charge in [0.1, 0.15) is 12.4 Å². The normalized spacial score (nSPS) is 10.5. The van der Waals surface area contributed by atoms with Gasteiger partial charge in [0.15, 0.2) is 0 Å². The zero-order valence-corrected chi connectivity index (χ0v) is 11.8. The Morgan fingerprint density at radius 2 is 1.70 bits per heavy atom. The van der Waals surface area contributed by atoms with Gasteiger partial charge in [0.2, 0.25) is 0 Å². The first-order chi connectivity index (χ1) is 9.81. The third-order valence-corrected chi connectivity index (χ3v) is 3.15. The van der Waals surface area contributed by atoms with Crippen molar-refractivity contribution in [1.82, 2.24) is 0 Å². The van der Waals surface area contributed by atoms with Gasteiger partial charge in [0.25, 0.3) is 0 Å². The molecule has 106 valence electrons. The fraction of sp³-hybridized carbons (Fsp3) is 0.294. The van der Waals surface area contributed by atoms with Crippen LogP contribution in [0.2, 0.25) is 0 Å². The third kappa shape index (κ3) is 4.37. The molecule has 0 unspecified atom stereocenters. The van der Waals surface area contributed by atoms with E-state index in [9.17, 15) is 0 Å². The molecule has 0 spiro atoms. The van der Waals surface area contributed by atoms with Crippen LogP contribution in [0.5, 0.6) is 5.75 Å². The van der Waals surface area contributed by atoms with Crippen molar-refractivity contribution in [1.29, 1.82) is 0 Å². The van der Waals surface area contributed by atoms with Crippen LogP contribution in [-0.4, -0.2) is 13.7 Å². The van der Waals surface area contributed by atoms with Crippen molar-refractivity contribution in [2.24, 2.45) is 5.73 Å². The molecule has 0 aliphatic carbocycles. The van der Waals surface area contributed by atoms with Crippen LogP contribution in [0.25, 0.3) is 0 Å². The van der Waals surface area contributed by atoms with E-state index >= 15 is 0 Å². The van der Waals surface area contributed by atoms with Crippen LogP contribution in [0.3, 0.4) is 0 Å². The van der Waals surface area contributed by atoms with Crippen LogP contribution in [0.4, 0.5) is 0 Å². The second-order valence-electron chi connectivity index (χ2n) is 4.70. The summed E-state index contributed by atoms with van der Waals surface area (Å²) in [6.07, 6.45) is 0.926. The Bertz CT molecular complexity index is 523. The number of nitrogens with two attached hydrogens (primary N) is 1. The van der Waals surface area contributed by atoms with Crippen molar-refractivity contribution < 1.29 is 9.47 Å². The lowest BCUT2D eigenvalue weighted by atomic mass is 10.1. The number of methoxy groups -OCH3 is 1. The Balaban J connectivity index is 1.89. The topological polar surface area (TPSA) is 44.5 Å². The van der Waals surface area contributed by atoms with Gasteiger partial charge in [-0.2, -0.15) is 0 Å². The van der Waals surface area contributed by atoms with Crippen molar-refractivity contribution in [3.8, 4) is 5.75 Å². The van der Waals surface area contributed by atoms with E-state index in [1.807, 2.05) is 30.3 Å². The van der Waals surface area contributed by atoms with Crippen LogP contribution in [0, 0.1) is 0 Å². The maximum atomic E-state index is 5.78. The van der Waals surface area contributed by atoms with Gasteiger partial charge in [-0.3, -0.25) is 0 Å². The highest BCUT2D eigenvalue weighted by atomic mass is 16.5. The molecule has 0 saturated carbocycles. The molecular weight excluding hydrogens is 250 g/mol. The highest BCUT2D eigenvalue weighted by Gasteiger charge is 1.98. The molecule has 0 radical (unpaired) electrons. The molecule has 0 aliphatic rings. The first kappa shape index (κ1) is 14.6. The van der Waals surface area contributed by atoms with Crippen molar-refractivity contribution in [3.63, 3.8) is 0 Å². The van der Waals surface area contributed by atoms with Gasteiger partial charge in [0, 0.05) is 13.7 Å². The van der Waals surface area contributed by atoms with Crippen molar-refractivity contribution in [2.45, 2.75) is 19.6 Å². The second kappa shape index (κ2) is 7.68. The van der Waals surface area contributed by atoms with E-state index < -0.39 is 0 Å². The molecule has 20 heavy (non-hydrogen) atoms. The molecule has 0 aliphatic heterocycles. The number of hydrogen-bond acceptors (Lipinski definition) is 3. The molecule has 2 N–H and O–H groups in total. The van der Waals surface area contributed by atoms with Crippen molar-refractivity contribution in [2.75, 3.05) is 13.7 Å². The summed E-state index contributed by atoms with van der Waals surface area (Å²) in [5, 5.41) is 0. The van der Waals surface area contributed by atoms with E-state index in [4.69, 9.17) is 15.2 Å². The fourth-order valence-corrected chi connectivity index (χ4v) is 1.99. The number of ether oxygens (including phenoxy) is 2. The lowest BCUT2D eigenvalue weighted by molar-refractivity contribution is 0.202. The predicted molar refractivity (Wildman–Crippen MR) is 80.7 cm³/mol. The molecule has 3 nitrogen and oxygen atoms in total. The van der Waals surface area contributed by atoms with Gasteiger partial charge in [-0.05, 0) is 35.2 Å². The minimum atomic E-state index is 0.558. The highest BCUT2D eigenvalue weighted by Crippen LogP contribution is 2.15. The van der Waals surface area contributed by atoms with Crippen LogP contribution >= 0.6 is 0 Å². The lowest BCUT2D eigenvalue weighted by Crippen LogP contribution is -2.00. The molecule has 0 amide bonds. The Morgan fingerprint density at radius 1 is 0.950 bits per heavy atom. The minimum Gasteiger partial charge on any atom is -0.489 e. The molecule has 0 bridgehead atoms. The van der Waals surface area contributed by atoms with Crippen molar-refractivity contribution in [3.05, 3.63) is 65.2 Å². The molecule has 2 rings (SSSR count). The Morgan fingerprint density at radius 3 is 2.40 bits per heavy atom. The molecule has 0 atom stereocenters. The fourth-order valence-electron chi connectivity index (χ4n) is 1.99. The highest BCUT2D eigenvalue weighted by molar-refractivity contribution is 5.28. The largest absolute Gasteiger partial charge is 0.489 e. The molecular formula is C17H21NO2. The van der Waals surface area contributed by atoms with E-state index in [0.29, 0.717) is 13.2 Å². The number of hydrogen-bond donors (Lipinski definition) is 1. The monoisotopic (exact) mass is 271 g/mol. The Hall–Kier alpha value is -1.84. The molecule has 3 heteroatoms. The van der Waals surface area contributed by atoms with E-state index in [1.165, 1.54) is 5.56 Å². The van der Waals surface area contributed by atoms with Gasteiger partial charge in [-0.1, -0.05) is 36.4 Å². The number of rotatable bonds is 7. The summed E-state index contributed by atoms with van der Waals surface area (Å²) in [5.41, 5.74) is 9.15. The van der Waals surface area contributed by atoms with Crippen LogP contribution in [-0.2, 0) is 24.3 Å². The molecule has 2 aromatic carbocycles. The Kier molecular flexibility index (Phi) is 5.59. The standard InChI is InChI=1S/C17H21NO2/c1-19-10-9-14-5-7-17(8-6-14)20-13-16-4-2-3-15(11-16)12-18/h2-8,11H,9-10,12-13,18H2,1H3. The average molecular weight is 271 g/mol. The summed E-state index contributed by atoms with van der Waals surface area (Å²) in [4.78, 5) is 0. The van der Waals surface area contributed by atoms with Gasteiger partial charge in [-0.15, -0.1) is 0 Å². The predicted octanol–water partition coefficient (Wildman–Crippen LogP) is 2.91. The van der Waals surface area contributed by atoms with Gasteiger partial charge < -0.3 is 15.2 Å². The van der Waals surface area contributed by atoms with E-state index in [2.05, 4.69) is 18.2 Å². The first-order valence-corrected chi connectivity index (χ1v) is 6.80. The first-order valence-electron chi connectivity index (χ1n) is 6.80. The zero-order valence-electron chi connectivity index (χ0n) is 11.8. The summed E-state index contributed by atoms with van der Waals surface area (Å²) in [6, 6.07) is 16.3. The molecule has 0 fully saturated rings. The summed E-state index contributed by atoms with van der Waals surface area (Å²) in [7, 11) is 1.72. The van der Waals surface area contributed by atoms with Gasteiger partial charge in [-0.25, -0.2) is 0 Å². The molecule has 0 heterocycles. The third-order valence-electron chi connectivity index (χ3n) is 3.15. The van der Waals surface area contributed by atoms with Crippen LogP contribution in [0.15, 0.2) is 48.5 Å².